The number of anilines is 1. The molecule has 3 N–H and O–H groups in total. The Morgan fingerprint density at radius 2 is 1.61 bits per heavy atom. The van der Waals surface area contributed by atoms with E-state index in [0.29, 0.717) is 5.56 Å². The van der Waals surface area contributed by atoms with Gasteiger partial charge in [-0.25, -0.2) is 18.6 Å². The quantitative estimate of drug-likeness (QED) is 0.662. The summed E-state index contributed by atoms with van der Waals surface area (Å²) in [7, 11) is -3.90. The largest absolute Gasteiger partial charge is 0.449 e. The first-order chi connectivity index (χ1) is 13.1. The third-order valence-electron chi connectivity index (χ3n) is 3.84. The number of carbonyl (C=O) groups is 2. The molecule has 0 heterocycles. The lowest BCUT2D eigenvalue weighted by Crippen LogP contribution is -2.42. The zero-order valence-electron chi connectivity index (χ0n) is 16.1. The lowest BCUT2D eigenvalue weighted by Gasteiger charge is -2.16. The second-order valence-corrected chi connectivity index (χ2v) is 7.90. The Kier molecular flexibility index (Phi) is 6.63. The highest BCUT2D eigenvalue weighted by Crippen LogP contribution is 2.25. The number of hydrogen-bond donors (Lipinski definition) is 3. The van der Waals surface area contributed by atoms with E-state index in [-0.39, 0.29) is 22.8 Å². The summed E-state index contributed by atoms with van der Waals surface area (Å²) in [5.74, 6) is -0.674. The van der Waals surface area contributed by atoms with E-state index in [2.05, 4.69) is 20.3 Å². The van der Waals surface area contributed by atoms with Crippen LogP contribution in [-0.2, 0) is 14.8 Å². The normalized spacial score (nSPS) is 10.9. The van der Waals surface area contributed by atoms with Crippen molar-refractivity contribution in [3.8, 4) is 0 Å². The second kappa shape index (κ2) is 8.75. The number of rotatable bonds is 5. The van der Waals surface area contributed by atoms with E-state index in [1.807, 2.05) is 6.92 Å². The molecule has 0 aliphatic heterocycles. The number of sulfonamides is 1. The minimum Gasteiger partial charge on any atom is -0.449 e. The van der Waals surface area contributed by atoms with E-state index in [4.69, 9.17) is 0 Å². The average molecular weight is 405 g/mol. The molecular formula is C19H23N3O5S. The molecule has 0 bridgehead atoms. The number of amides is 2. The van der Waals surface area contributed by atoms with E-state index in [1.165, 1.54) is 12.1 Å². The Morgan fingerprint density at radius 3 is 2.21 bits per heavy atom. The Morgan fingerprint density at radius 1 is 0.964 bits per heavy atom. The fourth-order valence-corrected chi connectivity index (χ4v) is 3.67. The maximum atomic E-state index is 12.7. The van der Waals surface area contributed by atoms with Gasteiger partial charge in [0.1, 0.15) is 0 Å². The summed E-state index contributed by atoms with van der Waals surface area (Å²) >= 11 is 0. The molecule has 0 saturated carbocycles. The molecule has 0 spiro atoms. The fraction of sp³-hybridized carbons (Fsp3) is 0.263. The van der Waals surface area contributed by atoms with Gasteiger partial charge in [-0.05, 0) is 57.0 Å². The predicted octanol–water partition coefficient (Wildman–Crippen LogP) is 2.80. The molecule has 2 aromatic rings. The number of nitrogens with one attached hydrogen (secondary N) is 3. The van der Waals surface area contributed by atoms with Crippen molar-refractivity contribution < 1.29 is 22.7 Å². The standard InChI is InChI=1S/C19H23N3O5S/c1-5-27-19(24)21-20-18(23)17-14(4)10-13(3)11-16(17)22-28(25,26)15-8-6-12(2)7-9-15/h6-11,22H,5H2,1-4H3,(H,20,23)(H,21,24). The first-order valence-electron chi connectivity index (χ1n) is 8.58. The molecule has 0 saturated heterocycles. The predicted molar refractivity (Wildman–Crippen MR) is 106 cm³/mol. The van der Waals surface area contributed by atoms with Gasteiger partial charge in [0.2, 0.25) is 0 Å². The summed E-state index contributed by atoms with van der Waals surface area (Å²) < 4.78 is 32.6. The average Bonchev–Trinajstić information content (AvgIpc) is 2.59. The van der Waals surface area contributed by atoms with Crippen LogP contribution in [0.1, 0.15) is 34.0 Å². The van der Waals surface area contributed by atoms with Crippen LogP contribution in [0.4, 0.5) is 10.5 Å². The monoisotopic (exact) mass is 405 g/mol. The number of hydrazine groups is 1. The van der Waals surface area contributed by atoms with Gasteiger partial charge in [-0.15, -0.1) is 0 Å². The summed E-state index contributed by atoms with van der Waals surface area (Å²) in [6, 6.07) is 9.64. The summed E-state index contributed by atoms with van der Waals surface area (Å²) in [4.78, 5) is 24.0. The third kappa shape index (κ3) is 5.23. The number of hydrogen-bond acceptors (Lipinski definition) is 5. The van der Waals surface area contributed by atoms with Crippen molar-refractivity contribution in [2.75, 3.05) is 11.3 Å². The third-order valence-corrected chi connectivity index (χ3v) is 5.22. The minimum absolute atomic E-state index is 0.0771. The molecule has 0 aromatic heterocycles. The number of aryl methyl sites for hydroxylation is 3. The highest BCUT2D eigenvalue weighted by Gasteiger charge is 2.21. The van der Waals surface area contributed by atoms with Gasteiger partial charge in [0.15, 0.2) is 0 Å². The van der Waals surface area contributed by atoms with Crippen LogP contribution < -0.4 is 15.6 Å². The summed E-state index contributed by atoms with van der Waals surface area (Å²) in [5, 5.41) is 0. The molecule has 9 heteroatoms. The molecule has 8 nitrogen and oxygen atoms in total. The molecule has 0 atom stereocenters. The molecule has 0 radical (unpaired) electrons. The first kappa shape index (κ1) is 21.2. The van der Waals surface area contributed by atoms with Gasteiger partial charge in [0.05, 0.1) is 22.8 Å². The molecule has 2 amide bonds. The molecular weight excluding hydrogens is 382 g/mol. The molecule has 2 rings (SSSR count). The maximum Gasteiger partial charge on any atom is 0.426 e. The molecule has 0 unspecified atom stereocenters. The smallest absolute Gasteiger partial charge is 0.426 e. The first-order valence-corrected chi connectivity index (χ1v) is 10.1. The van der Waals surface area contributed by atoms with Crippen LogP contribution in [0.15, 0.2) is 41.3 Å². The van der Waals surface area contributed by atoms with Gasteiger partial charge in [-0.2, -0.15) is 0 Å². The second-order valence-electron chi connectivity index (χ2n) is 6.22. The Balaban J connectivity index is 2.35. The topological polar surface area (TPSA) is 114 Å². The van der Waals surface area contributed by atoms with Crippen LogP contribution in [0.25, 0.3) is 0 Å². The van der Waals surface area contributed by atoms with Crippen LogP contribution in [0, 0.1) is 20.8 Å². The van der Waals surface area contributed by atoms with Gasteiger partial charge < -0.3 is 4.74 Å². The molecule has 0 aliphatic carbocycles. The van der Waals surface area contributed by atoms with Crippen molar-refractivity contribution in [1.29, 1.82) is 0 Å². The molecule has 2 aromatic carbocycles. The van der Waals surface area contributed by atoms with E-state index in [1.54, 1.807) is 45.0 Å². The van der Waals surface area contributed by atoms with Crippen LogP contribution in [0.5, 0.6) is 0 Å². The molecule has 28 heavy (non-hydrogen) atoms. The summed E-state index contributed by atoms with van der Waals surface area (Å²) in [6.07, 6.45) is -0.817. The zero-order valence-corrected chi connectivity index (χ0v) is 16.9. The SMILES string of the molecule is CCOC(=O)NNC(=O)c1c(C)cc(C)cc1NS(=O)(=O)c1ccc(C)cc1. The summed E-state index contributed by atoms with van der Waals surface area (Å²) in [5.41, 5.74) is 6.79. The molecule has 0 fully saturated rings. The van der Waals surface area contributed by atoms with Gasteiger partial charge in [0.25, 0.3) is 15.9 Å². The van der Waals surface area contributed by atoms with E-state index >= 15 is 0 Å². The number of ether oxygens (including phenoxy) is 1. The van der Waals surface area contributed by atoms with E-state index in [0.717, 1.165) is 11.1 Å². The van der Waals surface area contributed by atoms with Crippen molar-refractivity contribution in [3.63, 3.8) is 0 Å². The summed E-state index contributed by atoms with van der Waals surface area (Å²) in [6.45, 7) is 7.09. The van der Waals surface area contributed by atoms with Crippen molar-refractivity contribution in [2.45, 2.75) is 32.6 Å². The van der Waals surface area contributed by atoms with Crippen LogP contribution >= 0.6 is 0 Å². The van der Waals surface area contributed by atoms with Crippen molar-refractivity contribution in [3.05, 3.63) is 58.7 Å². The highest BCUT2D eigenvalue weighted by atomic mass is 32.2. The van der Waals surface area contributed by atoms with Crippen molar-refractivity contribution >= 4 is 27.7 Å². The van der Waals surface area contributed by atoms with Gasteiger partial charge in [-0.3, -0.25) is 14.9 Å². The van der Waals surface area contributed by atoms with Crippen LogP contribution in [0.3, 0.4) is 0 Å². The zero-order chi connectivity index (χ0) is 20.9. The van der Waals surface area contributed by atoms with Gasteiger partial charge in [0, 0.05) is 0 Å². The minimum atomic E-state index is -3.90. The van der Waals surface area contributed by atoms with E-state index < -0.39 is 22.0 Å². The maximum absolute atomic E-state index is 12.7. The Hall–Kier alpha value is -3.07. The molecule has 0 aliphatic rings. The van der Waals surface area contributed by atoms with Crippen LogP contribution in [-0.4, -0.2) is 27.0 Å². The van der Waals surface area contributed by atoms with Crippen molar-refractivity contribution in [1.82, 2.24) is 10.9 Å². The van der Waals surface area contributed by atoms with Gasteiger partial charge in [-0.1, -0.05) is 23.8 Å². The van der Waals surface area contributed by atoms with Crippen molar-refractivity contribution in [2.24, 2.45) is 0 Å². The fourth-order valence-electron chi connectivity index (χ4n) is 2.61. The molecule has 150 valence electrons. The number of benzene rings is 2. The Labute approximate surface area is 164 Å². The Bertz CT molecular complexity index is 985. The van der Waals surface area contributed by atoms with Crippen LogP contribution in [0.2, 0.25) is 0 Å². The van der Waals surface area contributed by atoms with E-state index in [9.17, 15) is 18.0 Å². The number of carbonyl (C=O) groups excluding carboxylic acids is 2. The highest BCUT2D eigenvalue weighted by molar-refractivity contribution is 7.92. The van der Waals surface area contributed by atoms with Gasteiger partial charge >= 0.3 is 6.09 Å². The lowest BCUT2D eigenvalue weighted by molar-refractivity contribution is 0.0913. The lowest BCUT2D eigenvalue weighted by atomic mass is 10.0.